The Morgan fingerprint density at radius 2 is 1.64 bits per heavy atom. The lowest BCUT2D eigenvalue weighted by molar-refractivity contribution is -0.111. The number of nitrogens with one attached hydrogen (secondary N) is 1. The lowest BCUT2D eigenvalue weighted by Crippen LogP contribution is -2.07. The molecule has 0 heterocycles. The largest absolute Gasteiger partial charge is 0.322 e. The molecule has 0 bridgehead atoms. The van der Waals surface area contributed by atoms with E-state index in [2.05, 4.69) is 11.4 Å². The van der Waals surface area contributed by atoms with Crippen LogP contribution in [0.15, 0.2) is 72.8 Å². The average Bonchev–Trinajstić information content (AvgIpc) is 2.54. The van der Waals surface area contributed by atoms with Gasteiger partial charge in [0.05, 0.1) is 0 Å². The van der Waals surface area contributed by atoms with Crippen LogP contribution >= 0.6 is 0 Å². The summed E-state index contributed by atoms with van der Waals surface area (Å²) >= 11 is 0. The van der Waals surface area contributed by atoms with Gasteiger partial charge in [-0.1, -0.05) is 60.2 Å². The molecule has 0 aliphatic heterocycles. The highest BCUT2D eigenvalue weighted by Gasteiger charge is 1.99. The fourth-order valence-electron chi connectivity index (χ4n) is 2.30. The first kappa shape index (κ1) is 14.1. The van der Waals surface area contributed by atoms with Crippen LogP contribution < -0.4 is 5.32 Å². The molecule has 0 radical (unpaired) electrons. The van der Waals surface area contributed by atoms with Crippen molar-refractivity contribution >= 4 is 28.4 Å². The third kappa shape index (κ3) is 3.41. The molecular weight excluding hydrogens is 270 g/mol. The molecule has 0 fully saturated rings. The van der Waals surface area contributed by atoms with E-state index in [1.807, 2.05) is 73.7 Å². The van der Waals surface area contributed by atoms with Gasteiger partial charge in [0.25, 0.3) is 0 Å². The van der Waals surface area contributed by atoms with Gasteiger partial charge in [-0.2, -0.15) is 0 Å². The third-order valence-corrected chi connectivity index (χ3v) is 3.52. The average molecular weight is 287 g/mol. The summed E-state index contributed by atoms with van der Waals surface area (Å²) in [6, 6.07) is 22.0. The summed E-state index contributed by atoms with van der Waals surface area (Å²) in [6.45, 7) is 2.04. The van der Waals surface area contributed by atoms with Crippen molar-refractivity contribution in [2.75, 3.05) is 5.32 Å². The van der Waals surface area contributed by atoms with Crippen LogP contribution in [0.5, 0.6) is 0 Å². The van der Waals surface area contributed by atoms with E-state index in [1.165, 1.54) is 5.56 Å². The Balaban J connectivity index is 1.71. The molecule has 2 heteroatoms. The van der Waals surface area contributed by atoms with Crippen LogP contribution in [0.4, 0.5) is 5.69 Å². The molecule has 0 unspecified atom stereocenters. The van der Waals surface area contributed by atoms with E-state index in [-0.39, 0.29) is 5.91 Å². The lowest BCUT2D eigenvalue weighted by Gasteiger charge is -2.04. The van der Waals surface area contributed by atoms with Crippen LogP contribution in [-0.4, -0.2) is 5.91 Å². The van der Waals surface area contributed by atoms with Crippen molar-refractivity contribution in [3.63, 3.8) is 0 Å². The summed E-state index contributed by atoms with van der Waals surface area (Å²) in [4.78, 5) is 12.0. The number of hydrogen-bond donors (Lipinski definition) is 1. The van der Waals surface area contributed by atoms with E-state index in [4.69, 9.17) is 0 Å². The molecule has 1 amide bonds. The maximum absolute atomic E-state index is 12.0. The summed E-state index contributed by atoms with van der Waals surface area (Å²) in [6.07, 6.45) is 3.37. The molecular formula is C20H17NO. The predicted octanol–water partition coefficient (Wildman–Crippen LogP) is 4.80. The third-order valence-electron chi connectivity index (χ3n) is 3.52. The minimum atomic E-state index is -0.129. The molecule has 3 aromatic rings. The quantitative estimate of drug-likeness (QED) is 0.689. The van der Waals surface area contributed by atoms with Gasteiger partial charge in [0, 0.05) is 11.8 Å². The van der Waals surface area contributed by atoms with Crippen LogP contribution in [0.2, 0.25) is 0 Å². The lowest BCUT2D eigenvalue weighted by atomic mass is 10.1. The van der Waals surface area contributed by atoms with Crippen LogP contribution in [0.25, 0.3) is 16.8 Å². The summed E-state index contributed by atoms with van der Waals surface area (Å²) < 4.78 is 0. The molecule has 0 aromatic heterocycles. The molecule has 2 nitrogen and oxygen atoms in total. The van der Waals surface area contributed by atoms with Crippen molar-refractivity contribution in [1.82, 2.24) is 0 Å². The topological polar surface area (TPSA) is 29.1 Å². The fraction of sp³-hybridized carbons (Fsp3) is 0.0500. The van der Waals surface area contributed by atoms with Gasteiger partial charge in [-0.15, -0.1) is 0 Å². The van der Waals surface area contributed by atoms with Crippen molar-refractivity contribution in [3.05, 3.63) is 83.9 Å². The van der Waals surface area contributed by atoms with E-state index >= 15 is 0 Å². The Morgan fingerprint density at radius 1 is 0.909 bits per heavy atom. The fourth-order valence-corrected chi connectivity index (χ4v) is 2.30. The Morgan fingerprint density at radius 3 is 2.41 bits per heavy atom. The van der Waals surface area contributed by atoms with Gasteiger partial charge < -0.3 is 5.32 Å². The number of anilines is 1. The van der Waals surface area contributed by atoms with Gasteiger partial charge in [0.1, 0.15) is 0 Å². The minimum absolute atomic E-state index is 0.129. The van der Waals surface area contributed by atoms with Crippen molar-refractivity contribution in [1.29, 1.82) is 0 Å². The van der Waals surface area contributed by atoms with E-state index in [9.17, 15) is 4.79 Å². The first-order valence-electron chi connectivity index (χ1n) is 7.25. The second-order valence-electron chi connectivity index (χ2n) is 5.30. The molecule has 1 N–H and O–H groups in total. The van der Waals surface area contributed by atoms with E-state index in [1.54, 1.807) is 6.08 Å². The Bertz CT molecular complexity index is 832. The van der Waals surface area contributed by atoms with Gasteiger partial charge >= 0.3 is 0 Å². The second-order valence-corrected chi connectivity index (χ2v) is 5.30. The standard InChI is InChI=1S/C20H17NO/c1-15-6-8-16(9-7-15)10-13-20(22)21-19-12-11-17-4-2-3-5-18(17)14-19/h2-14H,1H3,(H,21,22). The maximum Gasteiger partial charge on any atom is 0.248 e. The number of amides is 1. The van der Waals surface area contributed by atoms with Crippen molar-refractivity contribution < 1.29 is 4.79 Å². The second kappa shape index (κ2) is 6.27. The number of fused-ring (bicyclic) bond motifs is 1. The van der Waals surface area contributed by atoms with Crippen LogP contribution in [0.3, 0.4) is 0 Å². The zero-order valence-electron chi connectivity index (χ0n) is 12.4. The number of rotatable bonds is 3. The first-order valence-corrected chi connectivity index (χ1v) is 7.25. The van der Waals surface area contributed by atoms with E-state index in [0.29, 0.717) is 0 Å². The number of aryl methyl sites for hydroxylation is 1. The number of carbonyl (C=O) groups excluding carboxylic acids is 1. The summed E-state index contributed by atoms with van der Waals surface area (Å²) in [5.74, 6) is -0.129. The van der Waals surface area contributed by atoms with Crippen LogP contribution in [-0.2, 0) is 4.79 Å². The summed E-state index contributed by atoms with van der Waals surface area (Å²) in [5, 5.41) is 5.17. The molecule has 0 aliphatic carbocycles. The SMILES string of the molecule is Cc1ccc(C=CC(=O)Nc2ccc3ccccc3c2)cc1. The van der Waals surface area contributed by atoms with Gasteiger partial charge in [-0.05, 0) is 41.5 Å². The number of benzene rings is 3. The molecule has 22 heavy (non-hydrogen) atoms. The first-order chi connectivity index (χ1) is 10.7. The summed E-state index contributed by atoms with van der Waals surface area (Å²) in [7, 11) is 0. The van der Waals surface area contributed by atoms with Crippen molar-refractivity contribution in [2.45, 2.75) is 6.92 Å². The molecule has 3 rings (SSSR count). The van der Waals surface area contributed by atoms with Gasteiger partial charge in [-0.25, -0.2) is 0 Å². The smallest absolute Gasteiger partial charge is 0.248 e. The molecule has 0 saturated heterocycles. The normalized spacial score (nSPS) is 11.0. The van der Waals surface area contributed by atoms with E-state index in [0.717, 1.165) is 22.0 Å². The van der Waals surface area contributed by atoms with Crippen molar-refractivity contribution in [3.8, 4) is 0 Å². The zero-order valence-corrected chi connectivity index (χ0v) is 12.4. The molecule has 108 valence electrons. The van der Waals surface area contributed by atoms with Crippen molar-refractivity contribution in [2.24, 2.45) is 0 Å². The number of carbonyl (C=O) groups is 1. The summed E-state index contributed by atoms with van der Waals surface area (Å²) in [5.41, 5.74) is 3.02. The van der Waals surface area contributed by atoms with Crippen LogP contribution in [0, 0.1) is 6.92 Å². The zero-order chi connectivity index (χ0) is 15.4. The maximum atomic E-state index is 12.0. The molecule has 0 aliphatic rings. The molecule has 0 saturated carbocycles. The molecule has 0 atom stereocenters. The highest BCUT2D eigenvalue weighted by atomic mass is 16.1. The van der Waals surface area contributed by atoms with E-state index < -0.39 is 0 Å². The highest BCUT2D eigenvalue weighted by Crippen LogP contribution is 2.18. The molecule has 3 aromatic carbocycles. The monoisotopic (exact) mass is 287 g/mol. The van der Waals surface area contributed by atoms with Gasteiger partial charge in [0.15, 0.2) is 0 Å². The number of hydrogen-bond acceptors (Lipinski definition) is 1. The Hall–Kier alpha value is -2.87. The Labute approximate surface area is 130 Å². The highest BCUT2D eigenvalue weighted by molar-refractivity contribution is 6.03. The Kier molecular flexibility index (Phi) is 4.01. The van der Waals surface area contributed by atoms with Gasteiger partial charge in [-0.3, -0.25) is 4.79 Å². The molecule has 0 spiro atoms. The predicted molar refractivity (Wildman–Crippen MR) is 92.8 cm³/mol. The van der Waals surface area contributed by atoms with Crippen LogP contribution in [0.1, 0.15) is 11.1 Å². The minimum Gasteiger partial charge on any atom is -0.322 e. The van der Waals surface area contributed by atoms with Gasteiger partial charge in [0.2, 0.25) is 5.91 Å².